The van der Waals surface area contributed by atoms with Crippen LogP contribution < -0.4 is 10.0 Å². The Hall–Kier alpha value is -1.62. The summed E-state index contributed by atoms with van der Waals surface area (Å²) in [5, 5.41) is 23.7. The number of carbonyl (C=O) groups excluding carboxylic acids is 1. The van der Waals surface area contributed by atoms with Crippen LogP contribution in [0.1, 0.15) is 36.7 Å². The SMILES string of the molecule is CC1(CO)CCCC1NC(=O)c1cccc[n+]1[O-]. The quantitative estimate of drug-likeness (QED) is 0.609. The van der Waals surface area contributed by atoms with Gasteiger partial charge in [0.05, 0.1) is 6.61 Å². The summed E-state index contributed by atoms with van der Waals surface area (Å²) in [6.45, 7) is 2.01. The van der Waals surface area contributed by atoms with Gasteiger partial charge in [0.15, 0.2) is 6.20 Å². The van der Waals surface area contributed by atoms with Crippen molar-refractivity contribution in [3.05, 3.63) is 35.3 Å². The number of amides is 1. The molecular weight excluding hydrogens is 232 g/mol. The van der Waals surface area contributed by atoms with E-state index in [2.05, 4.69) is 5.32 Å². The number of hydrogen-bond donors (Lipinski definition) is 2. The average molecular weight is 250 g/mol. The summed E-state index contributed by atoms with van der Waals surface area (Å²) in [5.41, 5.74) is -0.192. The molecule has 0 saturated heterocycles. The maximum Gasteiger partial charge on any atom is 0.317 e. The first kappa shape index (κ1) is 12.8. The lowest BCUT2D eigenvalue weighted by atomic mass is 9.86. The summed E-state index contributed by atoms with van der Waals surface area (Å²) >= 11 is 0. The second-order valence-electron chi connectivity index (χ2n) is 5.14. The molecule has 1 amide bonds. The van der Waals surface area contributed by atoms with E-state index in [0.29, 0.717) is 4.73 Å². The van der Waals surface area contributed by atoms with E-state index >= 15 is 0 Å². The van der Waals surface area contributed by atoms with E-state index in [1.165, 1.54) is 12.3 Å². The van der Waals surface area contributed by atoms with Crippen LogP contribution in [0.4, 0.5) is 0 Å². The molecule has 1 saturated carbocycles. The van der Waals surface area contributed by atoms with Crippen LogP contribution in [0.2, 0.25) is 0 Å². The molecule has 1 aliphatic carbocycles. The number of nitrogens with one attached hydrogen (secondary N) is 1. The normalized spacial score (nSPS) is 27.1. The zero-order valence-electron chi connectivity index (χ0n) is 10.4. The maximum atomic E-state index is 12.0. The molecule has 1 heterocycles. The lowest BCUT2D eigenvalue weighted by Crippen LogP contribution is -2.48. The smallest absolute Gasteiger partial charge is 0.317 e. The zero-order chi connectivity index (χ0) is 13.2. The van der Waals surface area contributed by atoms with E-state index in [9.17, 15) is 15.1 Å². The summed E-state index contributed by atoms with van der Waals surface area (Å²) in [5.74, 6) is -0.378. The molecule has 5 nitrogen and oxygen atoms in total. The fourth-order valence-corrected chi connectivity index (χ4v) is 2.50. The van der Waals surface area contributed by atoms with E-state index < -0.39 is 0 Å². The van der Waals surface area contributed by atoms with Gasteiger partial charge in [0, 0.05) is 23.6 Å². The van der Waals surface area contributed by atoms with E-state index in [1.807, 2.05) is 6.92 Å². The predicted molar refractivity (Wildman–Crippen MR) is 65.7 cm³/mol. The molecule has 98 valence electrons. The Balaban J connectivity index is 2.11. The van der Waals surface area contributed by atoms with Gasteiger partial charge in [0.1, 0.15) is 0 Å². The van der Waals surface area contributed by atoms with Gasteiger partial charge in [-0.1, -0.05) is 13.3 Å². The lowest BCUT2D eigenvalue weighted by molar-refractivity contribution is -0.607. The summed E-state index contributed by atoms with van der Waals surface area (Å²) in [6, 6.07) is 4.66. The molecule has 0 aliphatic heterocycles. The number of aromatic nitrogens is 1. The van der Waals surface area contributed by atoms with Crippen molar-refractivity contribution in [1.82, 2.24) is 5.32 Å². The van der Waals surface area contributed by atoms with Gasteiger partial charge < -0.3 is 15.6 Å². The molecule has 2 N–H and O–H groups in total. The maximum absolute atomic E-state index is 12.0. The second-order valence-corrected chi connectivity index (χ2v) is 5.14. The van der Waals surface area contributed by atoms with Crippen LogP contribution in [0.3, 0.4) is 0 Å². The molecule has 0 bridgehead atoms. The van der Waals surface area contributed by atoms with Gasteiger partial charge in [-0.05, 0) is 18.9 Å². The fraction of sp³-hybridized carbons (Fsp3) is 0.538. The molecule has 2 rings (SSSR count). The number of hydrogen-bond acceptors (Lipinski definition) is 3. The minimum Gasteiger partial charge on any atom is -0.618 e. The van der Waals surface area contributed by atoms with Crippen LogP contribution in [0, 0.1) is 10.6 Å². The van der Waals surface area contributed by atoms with Crippen molar-refractivity contribution in [2.24, 2.45) is 5.41 Å². The molecule has 0 spiro atoms. The van der Waals surface area contributed by atoms with Crippen molar-refractivity contribution in [1.29, 1.82) is 0 Å². The first-order valence-corrected chi connectivity index (χ1v) is 6.17. The van der Waals surface area contributed by atoms with Crippen LogP contribution in [0.15, 0.2) is 24.4 Å². The number of carbonyl (C=O) groups is 1. The summed E-state index contributed by atoms with van der Waals surface area (Å²) < 4.78 is 0.556. The molecule has 1 aliphatic rings. The van der Waals surface area contributed by atoms with Gasteiger partial charge in [0.25, 0.3) is 5.69 Å². The van der Waals surface area contributed by atoms with Gasteiger partial charge in [-0.2, -0.15) is 4.73 Å². The van der Waals surface area contributed by atoms with Gasteiger partial charge in [-0.3, -0.25) is 4.79 Å². The Kier molecular flexibility index (Phi) is 3.52. The molecular formula is C13H18N2O3. The molecule has 1 fully saturated rings. The lowest BCUT2D eigenvalue weighted by Gasteiger charge is -2.29. The Labute approximate surface area is 106 Å². The Morgan fingerprint density at radius 1 is 1.67 bits per heavy atom. The minimum atomic E-state index is -0.378. The third-order valence-electron chi connectivity index (χ3n) is 3.81. The third kappa shape index (κ3) is 2.31. The molecule has 1 aromatic heterocycles. The van der Waals surface area contributed by atoms with Crippen molar-refractivity contribution in [2.75, 3.05) is 6.61 Å². The van der Waals surface area contributed by atoms with Crippen molar-refractivity contribution < 1.29 is 14.6 Å². The van der Waals surface area contributed by atoms with Crippen molar-refractivity contribution in [2.45, 2.75) is 32.2 Å². The average Bonchev–Trinajstić information content (AvgIpc) is 2.72. The van der Waals surface area contributed by atoms with Gasteiger partial charge >= 0.3 is 5.91 Å². The first-order chi connectivity index (χ1) is 8.57. The van der Waals surface area contributed by atoms with Crippen LogP contribution in [-0.2, 0) is 0 Å². The largest absolute Gasteiger partial charge is 0.618 e. The van der Waals surface area contributed by atoms with E-state index in [4.69, 9.17) is 0 Å². The Morgan fingerprint density at radius 2 is 2.44 bits per heavy atom. The highest BCUT2D eigenvalue weighted by Crippen LogP contribution is 2.37. The van der Waals surface area contributed by atoms with E-state index in [0.717, 1.165) is 19.3 Å². The number of rotatable bonds is 3. The highest BCUT2D eigenvalue weighted by Gasteiger charge is 2.39. The summed E-state index contributed by atoms with van der Waals surface area (Å²) in [7, 11) is 0. The van der Waals surface area contributed by atoms with Crippen LogP contribution in [0.25, 0.3) is 0 Å². The first-order valence-electron chi connectivity index (χ1n) is 6.17. The zero-order valence-corrected chi connectivity index (χ0v) is 10.4. The fourth-order valence-electron chi connectivity index (χ4n) is 2.50. The molecule has 5 heteroatoms. The topological polar surface area (TPSA) is 76.3 Å². The van der Waals surface area contributed by atoms with Crippen LogP contribution >= 0.6 is 0 Å². The third-order valence-corrected chi connectivity index (χ3v) is 3.81. The number of aliphatic hydroxyl groups is 1. The van der Waals surface area contributed by atoms with E-state index in [-0.39, 0.29) is 29.7 Å². The summed E-state index contributed by atoms with van der Waals surface area (Å²) in [4.78, 5) is 12.0. The molecule has 18 heavy (non-hydrogen) atoms. The predicted octanol–water partition coefficient (Wildman–Crippen LogP) is 0.601. The molecule has 2 unspecified atom stereocenters. The second kappa shape index (κ2) is 4.94. The number of pyridine rings is 1. The molecule has 1 aromatic rings. The van der Waals surface area contributed by atoms with E-state index in [1.54, 1.807) is 12.1 Å². The molecule has 2 atom stereocenters. The van der Waals surface area contributed by atoms with Gasteiger partial charge in [0.2, 0.25) is 0 Å². The molecule has 0 radical (unpaired) electrons. The highest BCUT2D eigenvalue weighted by atomic mass is 16.5. The van der Waals surface area contributed by atoms with Gasteiger partial charge in [-0.25, -0.2) is 0 Å². The van der Waals surface area contributed by atoms with Crippen LogP contribution in [-0.4, -0.2) is 23.7 Å². The number of nitrogens with zero attached hydrogens (tertiary/aromatic N) is 1. The minimum absolute atomic E-state index is 0.0457. The highest BCUT2D eigenvalue weighted by molar-refractivity contribution is 5.91. The van der Waals surface area contributed by atoms with Gasteiger partial charge in [-0.15, -0.1) is 0 Å². The van der Waals surface area contributed by atoms with Crippen molar-refractivity contribution in [3.63, 3.8) is 0 Å². The monoisotopic (exact) mass is 250 g/mol. The van der Waals surface area contributed by atoms with Crippen molar-refractivity contribution in [3.8, 4) is 0 Å². The standard InChI is InChI=1S/C13H18N2O3/c1-13(9-16)7-4-6-11(13)14-12(17)10-5-2-3-8-15(10)18/h2-3,5,8,11,16H,4,6-7,9H2,1H3,(H,14,17). The van der Waals surface area contributed by atoms with Crippen LogP contribution in [0.5, 0.6) is 0 Å². The Bertz CT molecular complexity index is 450. The van der Waals surface area contributed by atoms with Crippen molar-refractivity contribution >= 4 is 5.91 Å². The number of aliphatic hydroxyl groups excluding tert-OH is 1. The summed E-state index contributed by atoms with van der Waals surface area (Å²) in [6.07, 6.45) is 4.01. The Morgan fingerprint density at radius 3 is 3.11 bits per heavy atom. The molecule has 0 aromatic carbocycles.